The van der Waals surface area contributed by atoms with E-state index in [2.05, 4.69) is 44.3 Å². The first-order valence-electron chi connectivity index (χ1n) is 5.89. The first kappa shape index (κ1) is 11.8. The van der Waals surface area contributed by atoms with Gasteiger partial charge in [0.1, 0.15) is 0 Å². The molecule has 0 saturated heterocycles. The van der Waals surface area contributed by atoms with Crippen LogP contribution in [-0.4, -0.2) is 17.8 Å². The number of anilines is 1. The van der Waals surface area contributed by atoms with Crippen molar-refractivity contribution in [1.82, 2.24) is 0 Å². The lowest BCUT2D eigenvalue weighted by atomic mass is 10.00. The topological polar surface area (TPSA) is 38.0 Å². The van der Waals surface area contributed by atoms with E-state index < -0.39 is 0 Å². The number of benzene rings is 1. The third kappa shape index (κ3) is 2.06. The molecule has 0 amide bonds. The van der Waals surface area contributed by atoms with Crippen LogP contribution in [0.1, 0.15) is 32.3 Å². The van der Waals surface area contributed by atoms with Gasteiger partial charge in [0.15, 0.2) is 0 Å². The third-order valence-electron chi connectivity index (χ3n) is 3.12. The standard InChI is InChI=1S/C13H20N2S/c1-8(2)10-5-4-6-11-13(10)15-9(3)12(7-14)16-11/h4-6,8-9,12,15H,7,14H2,1-3H3. The molecule has 2 unspecified atom stereocenters. The van der Waals surface area contributed by atoms with E-state index >= 15 is 0 Å². The maximum atomic E-state index is 5.79. The molecule has 16 heavy (non-hydrogen) atoms. The minimum absolute atomic E-state index is 0.447. The zero-order valence-corrected chi connectivity index (χ0v) is 11.0. The van der Waals surface area contributed by atoms with Crippen LogP contribution in [0.4, 0.5) is 5.69 Å². The van der Waals surface area contributed by atoms with Crippen molar-refractivity contribution in [2.45, 2.75) is 42.9 Å². The van der Waals surface area contributed by atoms with E-state index in [4.69, 9.17) is 5.73 Å². The van der Waals surface area contributed by atoms with Crippen LogP contribution in [-0.2, 0) is 0 Å². The molecule has 0 fully saturated rings. The Bertz CT molecular complexity index is 376. The average molecular weight is 236 g/mol. The highest BCUT2D eigenvalue weighted by Crippen LogP contribution is 2.41. The lowest BCUT2D eigenvalue weighted by molar-refractivity contribution is 0.717. The fourth-order valence-corrected chi connectivity index (χ4v) is 3.27. The Balaban J connectivity index is 2.38. The van der Waals surface area contributed by atoms with E-state index in [1.54, 1.807) is 0 Å². The van der Waals surface area contributed by atoms with Gasteiger partial charge in [0.25, 0.3) is 0 Å². The molecule has 2 rings (SSSR count). The molecular formula is C13H20N2S. The smallest absolute Gasteiger partial charge is 0.0516 e. The van der Waals surface area contributed by atoms with Crippen LogP contribution in [0.15, 0.2) is 23.1 Å². The van der Waals surface area contributed by atoms with Gasteiger partial charge in [-0.05, 0) is 24.5 Å². The largest absolute Gasteiger partial charge is 0.380 e. The van der Waals surface area contributed by atoms with Crippen molar-refractivity contribution in [1.29, 1.82) is 0 Å². The van der Waals surface area contributed by atoms with Gasteiger partial charge < -0.3 is 11.1 Å². The molecule has 1 heterocycles. The average Bonchev–Trinajstić information content (AvgIpc) is 2.27. The van der Waals surface area contributed by atoms with E-state index in [1.807, 2.05) is 11.8 Å². The molecule has 2 nitrogen and oxygen atoms in total. The number of nitrogens with one attached hydrogen (secondary N) is 1. The molecule has 1 aromatic carbocycles. The summed E-state index contributed by atoms with van der Waals surface area (Å²) in [5.74, 6) is 0.560. The van der Waals surface area contributed by atoms with Crippen molar-refractivity contribution < 1.29 is 0 Å². The number of rotatable bonds is 2. The Hall–Kier alpha value is -0.670. The van der Waals surface area contributed by atoms with E-state index in [0.717, 1.165) is 6.54 Å². The second-order valence-electron chi connectivity index (χ2n) is 4.70. The maximum absolute atomic E-state index is 5.79. The monoisotopic (exact) mass is 236 g/mol. The zero-order chi connectivity index (χ0) is 11.7. The minimum Gasteiger partial charge on any atom is -0.380 e. The number of para-hydroxylation sites is 1. The maximum Gasteiger partial charge on any atom is 0.0516 e. The van der Waals surface area contributed by atoms with Crippen LogP contribution in [0.5, 0.6) is 0 Å². The van der Waals surface area contributed by atoms with E-state index in [9.17, 15) is 0 Å². The Kier molecular flexibility index (Phi) is 3.45. The van der Waals surface area contributed by atoms with Crippen molar-refractivity contribution in [3.63, 3.8) is 0 Å². The van der Waals surface area contributed by atoms with E-state index in [0.29, 0.717) is 17.2 Å². The van der Waals surface area contributed by atoms with Gasteiger partial charge in [-0.25, -0.2) is 0 Å². The molecule has 88 valence electrons. The summed E-state index contributed by atoms with van der Waals surface area (Å²) >= 11 is 1.91. The lowest BCUT2D eigenvalue weighted by Crippen LogP contribution is -2.37. The van der Waals surface area contributed by atoms with Gasteiger partial charge in [0.05, 0.1) is 5.69 Å². The molecule has 0 aromatic heterocycles. The predicted molar refractivity (Wildman–Crippen MR) is 72.3 cm³/mol. The van der Waals surface area contributed by atoms with Crippen molar-refractivity contribution in [2.75, 3.05) is 11.9 Å². The molecule has 0 radical (unpaired) electrons. The Morgan fingerprint density at radius 2 is 2.19 bits per heavy atom. The molecule has 3 N–H and O–H groups in total. The summed E-state index contributed by atoms with van der Waals surface area (Å²) < 4.78 is 0. The number of hydrogen-bond acceptors (Lipinski definition) is 3. The number of nitrogens with two attached hydrogens (primary N) is 1. The van der Waals surface area contributed by atoms with Crippen LogP contribution >= 0.6 is 11.8 Å². The molecule has 1 aliphatic rings. The molecule has 3 heteroatoms. The van der Waals surface area contributed by atoms with Crippen LogP contribution in [0, 0.1) is 0 Å². The molecule has 0 bridgehead atoms. The molecule has 0 saturated carbocycles. The highest BCUT2D eigenvalue weighted by molar-refractivity contribution is 8.00. The summed E-state index contributed by atoms with van der Waals surface area (Å²) in [7, 11) is 0. The second-order valence-corrected chi connectivity index (χ2v) is 5.98. The van der Waals surface area contributed by atoms with Gasteiger partial charge in [0.2, 0.25) is 0 Å². The third-order valence-corrected chi connectivity index (χ3v) is 4.62. The molecule has 0 spiro atoms. The van der Waals surface area contributed by atoms with Crippen molar-refractivity contribution in [2.24, 2.45) is 5.73 Å². The highest BCUT2D eigenvalue weighted by atomic mass is 32.2. The summed E-state index contributed by atoms with van der Waals surface area (Å²) in [6.45, 7) is 7.41. The van der Waals surface area contributed by atoms with Gasteiger partial charge in [-0.15, -0.1) is 11.8 Å². The van der Waals surface area contributed by atoms with Crippen molar-refractivity contribution >= 4 is 17.4 Å². The zero-order valence-electron chi connectivity index (χ0n) is 10.2. The number of thioether (sulfide) groups is 1. The minimum atomic E-state index is 0.447. The van der Waals surface area contributed by atoms with E-state index in [-0.39, 0.29) is 0 Å². The predicted octanol–water partition coefficient (Wildman–Crippen LogP) is 3.04. The summed E-state index contributed by atoms with van der Waals surface area (Å²) in [5.41, 5.74) is 8.52. The SMILES string of the molecule is CC(C)c1cccc2c1NC(C)C(CN)S2. The molecule has 2 atom stereocenters. The molecule has 1 aliphatic heterocycles. The van der Waals surface area contributed by atoms with Gasteiger partial charge in [0, 0.05) is 22.7 Å². The second kappa shape index (κ2) is 4.68. The normalized spacial score (nSPS) is 24.1. The van der Waals surface area contributed by atoms with E-state index in [1.165, 1.54) is 16.1 Å². The molecule has 1 aromatic rings. The number of fused-ring (bicyclic) bond motifs is 1. The lowest BCUT2D eigenvalue weighted by Gasteiger charge is -2.33. The Morgan fingerprint density at radius 1 is 1.44 bits per heavy atom. The summed E-state index contributed by atoms with van der Waals surface area (Å²) in [4.78, 5) is 1.35. The van der Waals surface area contributed by atoms with Crippen LogP contribution in [0.25, 0.3) is 0 Å². The van der Waals surface area contributed by atoms with Gasteiger partial charge in [-0.2, -0.15) is 0 Å². The summed E-state index contributed by atoms with van der Waals surface area (Å²) in [6.07, 6.45) is 0. The number of hydrogen-bond donors (Lipinski definition) is 2. The van der Waals surface area contributed by atoms with Crippen LogP contribution < -0.4 is 11.1 Å². The van der Waals surface area contributed by atoms with Crippen molar-refractivity contribution in [3.05, 3.63) is 23.8 Å². The van der Waals surface area contributed by atoms with Crippen molar-refractivity contribution in [3.8, 4) is 0 Å². The molecule has 0 aliphatic carbocycles. The van der Waals surface area contributed by atoms with Gasteiger partial charge in [-0.3, -0.25) is 0 Å². The van der Waals surface area contributed by atoms with Gasteiger partial charge in [-0.1, -0.05) is 26.0 Å². The Morgan fingerprint density at radius 3 is 2.81 bits per heavy atom. The van der Waals surface area contributed by atoms with Gasteiger partial charge >= 0.3 is 0 Å². The highest BCUT2D eigenvalue weighted by Gasteiger charge is 2.26. The summed E-state index contributed by atoms with van der Waals surface area (Å²) in [5, 5.41) is 4.09. The van der Waals surface area contributed by atoms with Crippen LogP contribution in [0.2, 0.25) is 0 Å². The van der Waals surface area contributed by atoms with Crippen LogP contribution in [0.3, 0.4) is 0 Å². The fourth-order valence-electron chi connectivity index (χ4n) is 2.12. The molecular weight excluding hydrogens is 216 g/mol. The first-order chi connectivity index (χ1) is 7.63. The Labute approximate surface area is 102 Å². The summed E-state index contributed by atoms with van der Waals surface area (Å²) in [6, 6.07) is 6.99. The quantitative estimate of drug-likeness (QED) is 0.829. The fraction of sp³-hybridized carbons (Fsp3) is 0.538. The first-order valence-corrected chi connectivity index (χ1v) is 6.77.